The van der Waals surface area contributed by atoms with Gasteiger partial charge in [0.25, 0.3) is 0 Å². The summed E-state index contributed by atoms with van der Waals surface area (Å²) in [5.74, 6) is 0. The van der Waals surface area contributed by atoms with Crippen molar-refractivity contribution in [3.05, 3.63) is 30.1 Å². The molecule has 2 rings (SSSR count). The molecular formula is C13H21N3O. The van der Waals surface area contributed by atoms with Gasteiger partial charge in [-0.3, -0.25) is 9.88 Å². The van der Waals surface area contributed by atoms with Crippen molar-refractivity contribution in [1.82, 2.24) is 9.88 Å². The summed E-state index contributed by atoms with van der Waals surface area (Å²) in [6, 6.07) is 6.23. The molecule has 2 heterocycles. The van der Waals surface area contributed by atoms with Crippen molar-refractivity contribution in [1.29, 1.82) is 0 Å². The van der Waals surface area contributed by atoms with Crippen LogP contribution >= 0.6 is 0 Å². The van der Waals surface area contributed by atoms with E-state index in [0.29, 0.717) is 6.54 Å². The minimum absolute atomic E-state index is 0.0604. The van der Waals surface area contributed by atoms with Crippen LogP contribution in [0.3, 0.4) is 0 Å². The summed E-state index contributed by atoms with van der Waals surface area (Å²) in [4.78, 5) is 6.89. The van der Waals surface area contributed by atoms with Crippen LogP contribution in [0.1, 0.15) is 25.1 Å². The van der Waals surface area contributed by atoms with Crippen LogP contribution in [0.4, 0.5) is 0 Å². The number of ether oxygens (including phenoxy) is 1. The molecule has 4 nitrogen and oxygen atoms in total. The molecule has 94 valence electrons. The number of nitrogens with two attached hydrogens (primary N) is 1. The van der Waals surface area contributed by atoms with E-state index in [1.54, 1.807) is 0 Å². The number of pyridine rings is 1. The molecule has 0 saturated carbocycles. The lowest BCUT2D eigenvalue weighted by atomic mass is 10.0. The number of aromatic nitrogens is 1. The molecule has 0 aliphatic carbocycles. The largest absolute Gasteiger partial charge is 0.374 e. The van der Waals surface area contributed by atoms with Crippen molar-refractivity contribution in [3.63, 3.8) is 0 Å². The molecule has 2 atom stereocenters. The molecule has 0 bridgehead atoms. The third-order valence-electron chi connectivity index (χ3n) is 3.19. The first-order chi connectivity index (χ1) is 8.36. The molecule has 0 radical (unpaired) electrons. The van der Waals surface area contributed by atoms with Gasteiger partial charge in [0.2, 0.25) is 0 Å². The molecule has 1 saturated heterocycles. The van der Waals surface area contributed by atoms with Crippen LogP contribution in [0, 0.1) is 0 Å². The van der Waals surface area contributed by atoms with Crippen molar-refractivity contribution < 1.29 is 4.74 Å². The summed E-state index contributed by atoms with van der Waals surface area (Å²) in [5, 5.41) is 0. The number of nitrogens with zero attached hydrogens (tertiary/aromatic N) is 2. The first kappa shape index (κ1) is 12.5. The van der Waals surface area contributed by atoms with Crippen molar-refractivity contribution in [2.24, 2.45) is 5.73 Å². The Kier molecular flexibility index (Phi) is 4.48. The zero-order valence-electron chi connectivity index (χ0n) is 10.4. The fraction of sp³-hybridized carbons (Fsp3) is 0.615. The van der Waals surface area contributed by atoms with E-state index in [0.717, 1.165) is 31.8 Å². The Morgan fingerprint density at radius 2 is 2.41 bits per heavy atom. The molecule has 0 aromatic carbocycles. The summed E-state index contributed by atoms with van der Waals surface area (Å²) in [7, 11) is 0. The van der Waals surface area contributed by atoms with E-state index in [9.17, 15) is 0 Å². The Bertz CT molecular complexity index is 329. The SMILES string of the molecule is CCCN1CCOC(CN)C1c1ccccn1. The highest BCUT2D eigenvalue weighted by molar-refractivity contribution is 5.12. The van der Waals surface area contributed by atoms with Gasteiger partial charge in [-0.25, -0.2) is 0 Å². The van der Waals surface area contributed by atoms with E-state index >= 15 is 0 Å². The second-order valence-corrected chi connectivity index (χ2v) is 4.38. The third-order valence-corrected chi connectivity index (χ3v) is 3.19. The lowest BCUT2D eigenvalue weighted by Gasteiger charge is -2.40. The molecule has 1 aromatic heterocycles. The Morgan fingerprint density at radius 3 is 3.06 bits per heavy atom. The Balaban J connectivity index is 2.22. The van der Waals surface area contributed by atoms with Gasteiger partial charge < -0.3 is 10.5 Å². The van der Waals surface area contributed by atoms with Crippen molar-refractivity contribution >= 4 is 0 Å². The van der Waals surface area contributed by atoms with E-state index in [1.807, 2.05) is 18.3 Å². The molecule has 0 amide bonds. The molecule has 1 aliphatic heterocycles. The highest BCUT2D eigenvalue weighted by atomic mass is 16.5. The van der Waals surface area contributed by atoms with Gasteiger partial charge in [0, 0.05) is 19.3 Å². The molecule has 1 aliphatic rings. The lowest BCUT2D eigenvalue weighted by Crippen LogP contribution is -2.48. The van der Waals surface area contributed by atoms with Crippen molar-refractivity contribution in [2.75, 3.05) is 26.2 Å². The molecule has 0 spiro atoms. The first-order valence-electron chi connectivity index (χ1n) is 6.33. The lowest BCUT2D eigenvalue weighted by molar-refractivity contribution is -0.0689. The molecule has 2 unspecified atom stereocenters. The number of hydrogen-bond acceptors (Lipinski definition) is 4. The zero-order chi connectivity index (χ0) is 12.1. The van der Waals surface area contributed by atoms with Gasteiger partial charge in [0.1, 0.15) is 0 Å². The molecule has 2 N–H and O–H groups in total. The fourth-order valence-corrected chi connectivity index (χ4v) is 2.45. The Labute approximate surface area is 103 Å². The molecule has 1 aromatic rings. The number of hydrogen-bond donors (Lipinski definition) is 1. The van der Waals surface area contributed by atoms with Crippen molar-refractivity contribution in [2.45, 2.75) is 25.5 Å². The summed E-state index contributed by atoms with van der Waals surface area (Å²) in [5.41, 5.74) is 6.88. The third kappa shape index (κ3) is 2.83. The maximum Gasteiger partial charge on any atom is 0.0909 e. The van der Waals surface area contributed by atoms with E-state index in [1.165, 1.54) is 0 Å². The second kappa shape index (κ2) is 6.10. The van der Waals surface area contributed by atoms with Gasteiger partial charge in [0.15, 0.2) is 0 Å². The van der Waals surface area contributed by atoms with Crippen LogP contribution in [0.5, 0.6) is 0 Å². The summed E-state index contributed by atoms with van der Waals surface area (Å²) in [6.07, 6.45) is 3.03. The van der Waals surface area contributed by atoms with Gasteiger partial charge in [-0.05, 0) is 25.1 Å². The molecule has 17 heavy (non-hydrogen) atoms. The predicted molar refractivity (Wildman–Crippen MR) is 67.6 cm³/mol. The van der Waals surface area contributed by atoms with Crippen LogP contribution in [0.25, 0.3) is 0 Å². The number of morpholine rings is 1. The van der Waals surface area contributed by atoms with Gasteiger partial charge in [0.05, 0.1) is 24.4 Å². The monoisotopic (exact) mass is 235 g/mol. The maximum atomic E-state index is 5.81. The van der Waals surface area contributed by atoms with Crippen LogP contribution in [-0.4, -0.2) is 42.2 Å². The average molecular weight is 235 g/mol. The van der Waals surface area contributed by atoms with Gasteiger partial charge in [-0.15, -0.1) is 0 Å². The smallest absolute Gasteiger partial charge is 0.0909 e. The van der Waals surface area contributed by atoms with E-state index < -0.39 is 0 Å². The average Bonchev–Trinajstić information content (AvgIpc) is 2.40. The first-order valence-corrected chi connectivity index (χ1v) is 6.33. The van der Waals surface area contributed by atoms with Crippen molar-refractivity contribution in [3.8, 4) is 0 Å². The quantitative estimate of drug-likeness (QED) is 0.852. The standard InChI is InChI=1S/C13H21N3O/c1-2-7-16-8-9-17-12(10-14)13(16)11-5-3-4-6-15-11/h3-6,12-13H,2,7-10,14H2,1H3. The van der Waals surface area contributed by atoms with Crippen LogP contribution in [0.2, 0.25) is 0 Å². The van der Waals surface area contributed by atoms with E-state index in [2.05, 4.69) is 22.9 Å². The van der Waals surface area contributed by atoms with E-state index in [4.69, 9.17) is 10.5 Å². The summed E-state index contributed by atoms with van der Waals surface area (Å²) >= 11 is 0. The normalized spacial score (nSPS) is 26.0. The summed E-state index contributed by atoms with van der Waals surface area (Å²) < 4.78 is 5.76. The highest BCUT2D eigenvalue weighted by Gasteiger charge is 2.32. The summed E-state index contributed by atoms with van der Waals surface area (Å²) in [6.45, 7) is 5.54. The second-order valence-electron chi connectivity index (χ2n) is 4.38. The Hall–Kier alpha value is -0.970. The van der Waals surface area contributed by atoms with Gasteiger partial charge >= 0.3 is 0 Å². The minimum Gasteiger partial charge on any atom is -0.374 e. The van der Waals surface area contributed by atoms with E-state index in [-0.39, 0.29) is 12.1 Å². The van der Waals surface area contributed by atoms with Crippen LogP contribution < -0.4 is 5.73 Å². The van der Waals surface area contributed by atoms with Crippen LogP contribution in [0.15, 0.2) is 24.4 Å². The number of rotatable bonds is 4. The van der Waals surface area contributed by atoms with Gasteiger partial charge in [-0.1, -0.05) is 13.0 Å². The fourth-order valence-electron chi connectivity index (χ4n) is 2.45. The van der Waals surface area contributed by atoms with Gasteiger partial charge in [-0.2, -0.15) is 0 Å². The molecule has 1 fully saturated rings. The molecule has 4 heteroatoms. The zero-order valence-corrected chi connectivity index (χ0v) is 10.4. The predicted octanol–water partition coefficient (Wildman–Crippen LogP) is 1.19. The van der Waals surface area contributed by atoms with Crippen LogP contribution in [-0.2, 0) is 4.74 Å². The molecular weight excluding hydrogens is 214 g/mol. The topological polar surface area (TPSA) is 51.4 Å². The maximum absolute atomic E-state index is 5.81. The Morgan fingerprint density at radius 1 is 1.53 bits per heavy atom. The minimum atomic E-state index is 0.0604. The highest BCUT2D eigenvalue weighted by Crippen LogP contribution is 2.27.